The molecule has 0 saturated carbocycles. The largest absolute Gasteiger partial charge is 0.350 e. The molecular weight excluding hydrogens is 234 g/mol. The van der Waals surface area contributed by atoms with E-state index in [-0.39, 0.29) is 17.6 Å². The number of benzene rings is 1. The highest BCUT2D eigenvalue weighted by atomic mass is 16.6. The zero-order valence-electron chi connectivity index (χ0n) is 10.5. The molecule has 6 heteroatoms. The Labute approximate surface area is 106 Å². The highest BCUT2D eigenvalue weighted by Crippen LogP contribution is 2.12. The summed E-state index contributed by atoms with van der Waals surface area (Å²) >= 11 is 0. The molecule has 0 radical (unpaired) electrons. The first-order chi connectivity index (χ1) is 8.54. The molecule has 1 rings (SSSR count). The van der Waals surface area contributed by atoms with Gasteiger partial charge in [-0.05, 0) is 19.5 Å². The van der Waals surface area contributed by atoms with E-state index in [0.29, 0.717) is 12.1 Å². The van der Waals surface area contributed by atoms with Crippen LogP contribution in [0.1, 0.15) is 24.2 Å². The van der Waals surface area contributed by atoms with Crippen molar-refractivity contribution in [2.45, 2.75) is 19.9 Å². The van der Waals surface area contributed by atoms with Gasteiger partial charge in [-0.1, -0.05) is 13.0 Å². The Hall–Kier alpha value is -1.95. The topological polar surface area (TPSA) is 84.3 Å². The molecule has 6 nitrogen and oxygen atoms in total. The Morgan fingerprint density at radius 1 is 1.50 bits per heavy atom. The van der Waals surface area contributed by atoms with Crippen molar-refractivity contribution < 1.29 is 9.72 Å². The van der Waals surface area contributed by atoms with Gasteiger partial charge in [-0.2, -0.15) is 0 Å². The summed E-state index contributed by atoms with van der Waals surface area (Å²) in [6.07, 6.45) is 0. The number of nitrogens with one attached hydrogen (secondary N) is 2. The first-order valence-electron chi connectivity index (χ1n) is 5.80. The zero-order chi connectivity index (χ0) is 13.5. The minimum Gasteiger partial charge on any atom is -0.350 e. The molecular formula is C12H17N3O3. The predicted octanol–water partition coefficient (Wildman–Crippen LogP) is 1.32. The maximum Gasteiger partial charge on any atom is 0.270 e. The third-order valence-electron chi connectivity index (χ3n) is 2.44. The first kappa shape index (κ1) is 14.1. The summed E-state index contributed by atoms with van der Waals surface area (Å²) in [7, 11) is 0. The van der Waals surface area contributed by atoms with E-state index in [2.05, 4.69) is 10.6 Å². The minimum atomic E-state index is -0.516. The van der Waals surface area contributed by atoms with Gasteiger partial charge >= 0.3 is 0 Å². The summed E-state index contributed by atoms with van der Waals surface area (Å²) in [5.74, 6) is -0.302. The zero-order valence-corrected chi connectivity index (χ0v) is 10.5. The SMILES string of the molecule is CCN[C@H](C)CNC(=O)c1cccc([N+](=O)[O-])c1. The fourth-order valence-corrected chi connectivity index (χ4v) is 1.53. The van der Waals surface area contributed by atoms with Gasteiger partial charge in [-0.15, -0.1) is 0 Å². The van der Waals surface area contributed by atoms with Gasteiger partial charge in [0.15, 0.2) is 0 Å². The smallest absolute Gasteiger partial charge is 0.270 e. The molecule has 0 aliphatic heterocycles. The Morgan fingerprint density at radius 2 is 2.22 bits per heavy atom. The van der Waals surface area contributed by atoms with Gasteiger partial charge in [0.25, 0.3) is 11.6 Å². The second-order valence-electron chi connectivity index (χ2n) is 3.98. The molecule has 0 aliphatic carbocycles. The molecule has 98 valence electrons. The monoisotopic (exact) mass is 251 g/mol. The van der Waals surface area contributed by atoms with Crippen molar-refractivity contribution in [1.82, 2.24) is 10.6 Å². The number of nitro groups is 1. The molecule has 0 fully saturated rings. The third kappa shape index (κ3) is 4.14. The van der Waals surface area contributed by atoms with Crippen LogP contribution in [0.25, 0.3) is 0 Å². The van der Waals surface area contributed by atoms with Crippen molar-refractivity contribution in [2.75, 3.05) is 13.1 Å². The Bertz CT molecular complexity index is 434. The van der Waals surface area contributed by atoms with Crippen LogP contribution in [0, 0.1) is 10.1 Å². The van der Waals surface area contributed by atoms with E-state index in [1.807, 2.05) is 13.8 Å². The standard InChI is InChI=1S/C12H17N3O3/c1-3-13-9(2)8-14-12(16)10-5-4-6-11(7-10)15(17)18/h4-7,9,13H,3,8H2,1-2H3,(H,14,16)/t9-/m1/s1. The van der Waals surface area contributed by atoms with Crippen molar-refractivity contribution >= 4 is 11.6 Å². The fourth-order valence-electron chi connectivity index (χ4n) is 1.53. The molecule has 1 atom stereocenters. The Balaban J connectivity index is 2.61. The number of carbonyl (C=O) groups is 1. The lowest BCUT2D eigenvalue weighted by Crippen LogP contribution is -2.38. The highest BCUT2D eigenvalue weighted by Gasteiger charge is 2.11. The van der Waals surface area contributed by atoms with Gasteiger partial charge in [0, 0.05) is 30.3 Å². The molecule has 0 saturated heterocycles. The number of hydrogen-bond donors (Lipinski definition) is 2. The van der Waals surface area contributed by atoms with Crippen molar-refractivity contribution in [2.24, 2.45) is 0 Å². The number of amides is 1. The lowest BCUT2D eigenvalue weighted by atomic mass is 10.2. The summed E-state index contributed by atoms with van der Waals surface area (Å²) in [4.78, 5) is 21.8. The van der Waals surface area contributed by atoms with E-state index in [1.165, 1.54) is 18.2 Å². The number of hydrogen-bond acceptors (Lipinski definition) is 4. The van der Waals surface area contributed by atoms with E-state index < -0.39 is 4.92 Å². The van der Waals surface area contributed by atoms with Gasteiger partial charge in [0.1, 0.15) is 0 Å². The number of rotatable bonds is 6. The van der Waals surface area contributed by atoms with Gasteiger partial charge in [0.2, 0.25) is 0 Å². The van der Waals surface area contributed by atoms with Crippen LogP contribution < -0.4 is 10.6 Å². The van der Waals surface area contributed by atoms with Crippen molar-refractivity contribution in [3.8, 4) is 0 Å². The molecule has 1 amide bonds. The highest BCUT2D eigenvalue weighted by molar-refractivity contribution is 5.94. The van der Waals surface area contributed by atoms with Crippen molar-refractivity contribution in [3.63, 3.8) is 0 Å². The van der Waals surface area contributed by atoms with Crippen molar-refractivity contribution in [1.29, 1.82) is 0 Å². The number of likely N-dealkylation sites (N-methyl/N-ethyl adjacent to an activating group) is 1. The van der Waals surface area contributed by atoms with Crippen LogP contribution in [0.5, 0.6) is 0 Å². The predicted molar refractivity (Wildman–Crippen MR) is 68.6 cm³/mol. The Kier molecular flexibility index (Phi) is 5.26. The second-order valence-corrected chi connectivity index (χ2v) is 3.98. The summed E-state index contributed by atoms with van der Waals surface area (Å²) in [6, 6.07) is 5.85. The lowest BCUT2D eigenvalue weighted by molar-refractivity contribution is -0.384. The molecule has 0 aromatic heterocycles. The van der Waals surface area contributed by atoms with E-state index in [0.717, 1.165) is 6.54 Å². The van der Waals surface area contributed by atoms with E-state index in [4.69, 9.17) is 0 Å². The average Bonchev–Trinajstić information content (AvgIpc) is 2.36. The molecule has 0 aliphatic rings. The molecule has 0 bridgehead atoms. The quantitative estimate of drug-likeness (QED) is 0.590. The van der Waals surface area contributed by atoms with Crippen LogP contribution >= 0.6 is 0 Å². The molecule has 0 unspecified atom stereocenters. The summed E-state index contributed by atoms with van der Waals surface area (Å²) in [5, 5.41) is 16.5. The minimum absolute atomic E-state index is 0.0811. The molecule has 18 heavy (non-hydrogen) atoms. The van der Waals surface area contributed by atoms with Crippen LogP contribution in [0.4, 0.5) is 5.69 Å². The normalized spacial score (nSPS) is 11.9. The fraction of sp³-hybridized carbons (Fsp3) is 0.417. The second kappa shape index (κ2) is 6.70. The summed E-state index contributed by atoms with van der Waals surface area (Å²) in [5.41, 5.74) is 0.218. The molecule has 0 heterocycles. The van der Waals surface area contributed by atoms with E-state index in [9.17, 15) is 14.9 Å². The van der Waals surface area contributed by atoms with E-state index in [1.54, 1.807) is 6.07 Å². The molecule has 0 spiro atoms. The first-order valence-corrected chi connectivity index (χ1v) is 5.80. The van der Waals surface area contributed by atoms with Crippen LogP contribution in [-0.2, 0) is 0 Å². The number of nitrogens with zero attached hydrogens (tertiary/aromatic N) is 1. The maximum absolute atomic E-state index is 11.8. The molecule has 1 aromatic carbocycles. The van der Waals surface area contributed by atoms with Gasteiger partial charge in [-0.3, -0.25) is 14.9 Å². The van der Waals surface area contributed by atoms with Gasteiger partial charge in [-0.25, -0.2) is 0 Å². The molecule has 1 aromatic rings. The maximum atomic E-state index is 11.8. The summed E-state index contributed by atoms with van der Waals surface area (Å²) in [6.45, 7) is 5.25. The lowest BCUT2D eigenvalue weighted by Gasteiger charge is -2.13. The number of nitro benzene ring substituents is 1. The van der Waals surface area contributed by atoms with Crippen LogP contribution in [0.2, 0.25) is 0 Å². The van der Waals surface area contributed by atoms with Crippen LogP contribution in [-0.4, -0.2) is 30.0 Å². The van der Waals surface area contributed by atoms with Crippen LogP contribution in [0.3, 0.4) is 0 Å². The molecule has 2 N–H and O–H groups in total. The number of carbonyl (C=O) groups excluding carboxylic acids is 1. The third-order valence-corrected chi connectivity index (χ3v) is 2.44. The Morgan fingerprint density at radius 3 is 2.83 bits per heavy atom. The average molecular weight is 251 g/mol. The summed E-state index contributed by atoms with van der Waals surface area (Å²) < 4.78 is 0. The number of non-ortho nitro benzene ring substituents is 1. The van der Waals surface area contributed by atoms with Gasteiger partial charge in [0.05, 0.1) is 4.92 Å². The van der Waals surface area contributed by atoms with Crippen molar-refractivity contribution in [3.05, 3.63) is 39.9 Å². The van der Waals surface area contributed by atoms with E-state index >= 15 is 0 Å². The van der Waals surface area contributed by atoms with Gasteiger partial charge < -0.3 is 10.6 Å². The van der Waals surface area contributed by atoms with Crippen LogP contribution in [0.15, 0.2) is 24.3 Å².